The molecule has 0 radical (unpaired) electrons. The predicted molar refractivity (Wildman–Crippen MR) is 74.7 cm³/mol. The van der Waals surface area contributed by atoms with Crippen LogP contribution in [0.4, 0.5) is 0 Å². The predicted octanol–water partition coefficient (Wildman–Crippen LogP) is 2.16. The van der Waals surface area contributed by atoms with Gasteiger partial charge >= 0.3 is 0 Å². The van der Waals surface area contributed by atoms with Gasteiger partial charge in [-0.3, -0.25) is 4.90 Å². The maximum atomic E-state index is 11.5. The topological polar surface area (TPSA) is 23.6 Å². The number of nitrogens with zero attached hydrogens (tertiary/aromatic N) is 2. The van der Waals surface area contributed by atoms with E-state index < -0.39 is 0 Å². The second kappa shape index (κ2) is 6.16. The third-order valence-electron chi connectivity index (χ3n) is 4.86. The molecule has 1 saturated carbocycles. The molecule has 3 heteroatoms. The molecule has 18 heavy (non-hydrogen) atoms. The number of aldehydes is 1. The molecule has 1 unspecified atom stereocenters. The molecule has 1 atom stereocenters. The lowest BCUT2D eigenvalue weighted by atomic mass is 9.87. The summed E-state index contributed by atoms with van der Waals surface area (Å²) in [5, 5.41) is 0. The Hall–Kier alpha value is -0.410. The molecule has 3 nitrogen and oxygen atoms in total. The molecule has 0 bridgehead atoms. The number of carbonyl (C=O) groups is 1. The van der Waals surface area contributed by atoms with Crippen LogP contribution in [0.2, 0.25) is 0 Å². The van der Waals surface area contributed by atoms with E-state index in [1.54, 1.807) is 0 Å². The van der Waals surface area contributed by atoms with Crippen molar-refractivity contribution in [1.82, 2.24) is 9.80 Å². The quantitative estimate of drug-likeness (QED) is 0.716. The van der Waals surface area contributed by atoms with Crippen LogP contribution in [0.15, 0.2) is 0 Å². The van der Waals surface area contributed by atoms with Crippen LogP contribution in [0.1, 0.15) is 45.4 Å². The van der Waals surface area contributed by atoms with Crippen LogP contribution in [-0.4, -0.2) is 55.4 Å². The zero-order valence-corrected chi connectivity index (χ0v) is 12.0. The monoisotopic (exact) mass is 252 g/mol. The van der Waals surface area contributed by atoms with Gasteiger partial charge < -0.3 is 9.69 Å². The second-order valence-corrected chi connectivity index (χ2v) is 6.34. The summed E-state index contributed by atoms with van der Waals surface area (Å²) in [5.41, 5.74) is -0.0175. The molecule has 2 fully saturated rings. The molecule has 0 N–H and O–H groups in total. The van der Waals surface area contributed by atoms with E-state index in [1.165, 1.54) is 45.1 Å². The van der Waals surface area contributed by atoms with Crippen LogP contribution in [0, 0.1) is 5.41 Å². The molecular formula is C15H28N2O. The van der Waals surface area contributed by atoms with Gasteiger partial charge in [-0.05, 0) is 45.8 Å². The highest BCUT2D eigenvalue weighted by molar-refractivity contribution is 5.60. The Morgan fingerprint density at radius 2 is 1.94 bits per heavy atom. The van der Waals surface area contributed by atoms with E-state index in [2.05, 4.69) is 23.8 Å². The van der Waals surface area contributed by atoms with Crippen molar-refractivity contribution >= 4 is 6.29 Å². The zero-order chi connectivity index (χ0) is 13.0. The van der Waals surface area contributed by atoms with Gasteiger partial charge in [-0.1, -0.05) is 19.8 Å². The Balaban J connectivity index is 2.02. The number of carbonyl (C=O) groups excluding carboxylic acids is 1. The minimum absolute atomic E-state index is 0.0175. The second-order valence-electron chi connectivity index (χ2n) is 6.34. The first-order valence-corrected chi connectivity index (χ1v) is 7.58. The highest BCUT2D eigenvalue weighted by Gasteiger charge is 2.37. The number of hydrogen-bond acceptors (Lipinski definition) is 3. The van der Waals surface area contributed by atoms with Gasteiger partial charge in [0.15, 0.2) is 0 Å². The average Bonchev–Trinajstić information content (AvgIpc) is 2.76. The summed E-state index contributed by atoms with van der Waals surface area (Å²) in [5.74, 6) is 0. The smallest absolute Gasteiger partial charge is 0.127 e. The summed E-state index contributed by atoms with van der Waals surface area (Å²) in [6, 6.07) is 0.634. The standard InChI is InChI=1S/C15H28N2O/c1-3-14-11-16(2)9-6-10-17(14)12-15(13-18)7-4-5-8-15/h13-14H,3-12H2,1-2H3. The van der Waals surface area contributed by atoms with Gasteiger partial charge in [0, 0.05) is 24.5 Å². The van der Waals surface area contributed by atoms with Crippen molar-refractivity contribution in [1.29, 1.82) is 0 Å². The molecule has 1 aliphatic heterocycles. The zero-order valence-electron chi connectivity index (χ0n) is 12.0. The number of hydrogen-bond donors (Lipinski definition) is 0. The third-order valence-corrected chi connectivity index (χ3v) is 4.86. The van der Waals surface area contributed by atoms with Crippen molar-refractivity contribution < 1.29 is 4.79 Å². The van der Waals surface area contributed by atoms with E-state index in [1.807, 2.05) is 0 Å². The average molecular weight is 252 g/mol. The van der Waals surface area contributed by atoms with E-state index in [0.717, 1.165) is 25.9 Å². The first-order chi connectivity index (χ1) is 8.69. The lowest BCUT2D eigenvalue weighted by Gasteiger charge is -2.36. The number of likely N-dealkylation sites (N-methyl/N-ethyl adjacent to an activating group) is 1. The molecule has 2 aliphatic rings. The van der Waals surface area contributed by atoms with Crippen molar-refractivity contribution in [2.24, 2.45) is 5.41 Å². The minimum atomic E-state index is -0.0175. The van der Waals surface area contributed by atoms with Gasteiger partial charge in [0.25, 0.3) is 0 Å². The number of rotatable bonds is 4. The molecule has 0 aromatic heterocycles. The highest BCUT2D eigenvalue weighted by Crippen LogP contribution is 2.37. The molecule has 2 rings (SSSR count). The van der Waals surface area contributed by atoms with Crippen molar-refractivity contribution in [3.8, 4) is 0 Å². The van der Waals surface area contributed by atoms with Crippen LogP contribution in [-0.2, 0) is 4.79 Å². The minimum Gasteiger partial charge on any atom is -0.305 e. The van der Waals surface area contributed by atoms with Crippen molar-refractivity contribution in [3.05, 3.63) is 0 Å². The van der Waals surface area contributed by atoms with Gasteiger partial charge in [0.1, 0.15) is 6.29 Å². The Morgan fingerprint density at radius 1 is 1.22 bits per heavy atom. The summed E-state index contributed by atoms with van der Waals surface area (Å²) < 4.78 is 0. The highest BCUT2D eigenvalue weighted by atomic mass is 16.1. The largest absolute Gasteiger partial charge is 0.305 e. The van der Waals surface area contributed by atoms with Crippen LogP contribution in [0.25, 0.3) is 0 Å². The van der Waals surface area contributed by atoms with Gasteiger partial charge in [0.2, 0.25) is 0 Å². The van der Waals surface area contributed by atoms with E-state index in [0.29, 0.717) is 6.04 Å². The fraction of sp³-hybridized carbons (Fsp3) is 0.933. The van der Waals surface area contributed by atoms with Crippen LogP contribution >= 0.6 is 0 Å². The Labute approximate surface area is 112 Å². The molecule has 0 aromatic carbocycles. The Bertz CT molecular complexity index is 274. The molecule has 1 heterocycles. The molecule has 1 aliphatic carbocycles. The van der Waals surface area contributed by atoms with E-state index in [4.69, 9.17) is 0 Å². The Morgan fingerprint density at radius 3 is 2.56 bits per heavy atom. The van der Waals surface area contributed by atoms with Gasteiger partial charge in [-0.25, -0.2) is 0 Å². The third kappa shape index (κ3) is 3.12. The molecule has 104 valence electrons. The van der Waals surface area contributed by atoms with Gasteiger partial charge in [-0.2, -0.15) is 0 Å². The molecule has 0 amide bonds. The summed E-state index contributed by atoms with van der Waals surface area (Å²) in [6.45, 7) is 6.80. The SMILES string of the molecule is CCC1CN(C)CCCN1CC1(C=O)CCCC1. The first-order valence-electron chi connectivity index (χ1n) is 7.58. The van der Waals surface area contributed by atoms with Gasteiger partial charge in [0.05, 0.1) is 0 Å². The molecular weight excluding hydrogens is 224 g/mol. The fourth-order valence-corrected chi connectivity index (χ4v) is 3.69. The molecule has 0 aromatic rings. The summed E-state index contributed by atoms with van der Waals surface area (Å²) in [4.78, 5) is 16.6. The van der Waals surface area contributed by atoms with Crippen molar-refractivity contribution in [3.63, 3.8) is 0 Å². The normalized spacial score (nSPS) is 30.2. The fourth-order valence-electron chi connectivity index (χ4n) is 3.69. The van der Waals surface area contributed by atoms with Gasteiger partial charge in [-0.15, -0.1) is 0 Å². The first kappa shape index (κ1) is 14.0. The summed E-state index contributed by atoms with van der Waals surface area (Å²) >= 11 is 0. The van der Waals surface area contributed by atoms with Crippen LogP contribution in [0.5, 0.6) is 0 Å². The molecule has 0 spiro atoms. The van der Waals surface area contributed by atoms with Crippen LogP contribution < -0.4 is 0 Å². The summed E-state index contributed by atoms with van der Waals surface area (Å²) in [6.07, 6.45) is 8.40. The summed E-state index contributed by atoms with van der Waals surface area (Å²) in [7, 11) is 2.22. The van der Waals surface area contributed by atoms with E-state index >= 15 is 0 Å². The molecule has 1 saturated heterocycles. The maximum absolute atomic E-state index is 11.5. The van der Waals surface area contributed by atoms with E-state index in [-0.39, 0.29) is 5.41 Å². The lowest BCUT2D eigenvalue weighted by molar-refractivity contribution is -0.117. The van der Waals surface area contributed by atoms with E-state index in [9.17, 15) is 4.79 Å². The lowest BCUT2D eigenvalue weighted by Crippen LogP contribution is -2.45. The van der Waals surface area contributed by atoms with Crippen LogP contribution in [0.3, 0.4) is 0 Å². The van der Waals surface area contributed by atoms with Crippen molar-refractivity contribution in [2.45, 2.75) is 51.5 Å². The Kier molecular flexibility index (Phi) is 4.79. The maximum Gasteiger partial charge on any atom is 0.127 e. The van der Waals surface area contributed by atoms with Crippen molar-refractivity contribution in [2.75, 3.05) is 33.2 Å².